The molecule has 0 bridgehead atoms. The van der Waals surface area contributed by atoms with Crippen molar-refractivity contribution in [1.29, 1.82) is 0 Å². The van der Waals surface area contributed by atoms with Crippen LogP contribution in [0.5, 0.6) is 0 Å². The molecule has 0 spiro atoms. The van der Waals surface area contributed by atoms with Gasteiger partial charge in [0.15, 0.2) is 0 Å². The highest BCUT2D eigenvalue weighted by molar-refractivity contribution is 6.39. The van der Waals surface area contributed by atoms with Crippen molar-refractivity contribution >= 4 is 29.6 Å². The van der Waals surface area contributed by atoms with Gasteiger partial charge in [0.25, 0.3) is 11.8 Å². The van der Waals surface area contributed by atoms with Crippen molar-refractivity contribution in [2.24, 2.45) is 0 Å². The molecule has 6 nitrogen and oxygen atoms in total. The number of halogens is 1. The number of para-hydroxylation sites is 1. The molecule has 0 saturated carbocycles. The normalized spacial score (nSPS) is 15.8. The first-order chi connectivity index (χ1) is 13.5. The van der Waals surface area contributed by atoms with Gasteiger partial charge in [-0.15, -0.1) is 0 Å². The Balaban J connectivity index is 1.68. The fraction of sp³-hybridized carbons (Fsp3) is 0. The quantitative estimate of drug-likeness (QED) is 0.558. The Bertz CT molecular complexity index is 1120. The molecule has 1 N–H and O–H groups in total. The first-order valence-electron chi connectivity index (χ1n) is 8.35. The van der Waals surface area contributed by atoms with Gasteiger partial charge >= 0.3 is 6.03 Å². The minimum absolute atomic E-state index is 0.222. The molecule has 138 valence electrons. The molecule has 1 aliphatic heterocycles. The average molecular weight is 376 g/mol. The summed E-state index contributed by atoms with van der Waals surface area (Å²) in [5.74, 6) is -1.38. The SMILES string of the molecule is O=C1NC(=O)N(c2ccccc2)C(=O)/C1=C/c1ccc(-c2cccc(F)c2)o1. The van der Waals surface area contributed by atoms with Crippen LogP contribution in [-0.4, -0.2) is 17.8 Å². The third kappa shape index (κ3) is 3.21. The number of barbiturate groups is 1. The lowest BCUT2D eigenvalue weighted by atomic mass is 10.1. The van der Waals surface area contributed by atoms with E-state index in [0.29, 0.717) is 17.0 Å². The topological polar surface area (TPSA) is 79.6 Å². The number of rotatable bonds is 3. The standard InChI is InChI=1S/C21H13FN2O4/c22-14-6-4-5-13(11-14)18-10-9-16(28-18)12-17-19(25)23-21(27)24(20(17)26)15-7-2-1-3-8-15/h1-12H,(H,23,25,27)/b17-12+. The summed E-state index contributed by atoms with van der Waals surface area (Å²) < 4.78 is 19.0. The predicted molar refractivity (Wildman–Crippen MR) is 99.5 cm³/mol. The highest BCUT2D eigenvalue weighted by atomic mass is 19.1. The number of imide groups is 2. The van der Waals surface area contributed by atoms with E-state index in [9.17, 15) is 18.8 Å². The Hall–Kier alpha value is -4.00. The predicted octanol–water partition coefficient (Wildman–Crippen LogP) is 3.75. The highest BCUT2D eigenvalue weighted by Crippen LogP contribution is 2.26. The van der Waals surface area contributed by atoms with Gasteiger partial charge < -0.3 is 4.42 Å². The van der Waals surface area contributed by atoms with Crippen molar-refractivity contribution in [2.45, 2.75) is 0 Å². The maximum absolute atomic E-state index is 13.4. The zero-order valence-corrected chi connectivity index (χ0v) is 14.4. The van der Waals surface area contributed by atoms with Crippen LogP contribution in [0, 0.1) is 5.82 Å². The fourth-order valence-electron chi connectivity index (χ4n) is 2.84. The molecule has 2 aromatic carbocycles. The van der Waals surface area contributed by atoms with Crippen LogP contribution < -0.4 is 10.2 Å². The van der Waals surface area contributed by atoms with E-state index in [0.717, 1.165) is 4.90 Å². The molecule has 1 aliphatic rings. The van der Waals surface area contributed by atoms with E-state index in [1.165, 1.54) is 18.2 Å². The summed E-state index contributed by atoms with van der Waals surface area (Å²) in [4.78, 5) is 37.9. The molecule has 0 radical (unpaired) electrons. The van der Waals surface area contributed by atoms with Crippen LogP contribution >= 0.6 is 0 Å². The van der Waals surface area contributed by atoms with Gasteiger partial charge in [0.05, 0.1) is 5.69 Å². The summed E-state index contributed by atoms with van der Waals surface area (Å²) in [6, 6.07) is 16.4. The van der Waals surface area contributed by atoms with Crippen molar-refractivity contribution in [3.63, 3.8) is 0 Å². The van der Waals surface area contributed by atoms with Crippen LogP contribution in [0.25, 0.3) is 17.4 Å². The number of hydrogen-bond acceptors (Lipinski definition) is 4. The van der Waals surface area contributed by atoms with Gasteiger partial charge in [0.2, 0.25) is 0 Å². The lowest BCUT2D eigenvalue weighted by molar-refractivity contribution is -0.122. The van der Waals surface area contributed by atoms with E-state index >= 15 is 0 Å². The number of benzene rings is 2. The molecule has 3 aromatic rings. The van der Waals surface area contributed by atoms with E-state index in [4.69, 9.17) is 4.42 Å². The van der Waals surface area contributed by atoms with Crippen LogP contribution in [0.15, 0.2) is 76.7 Å². The number of hydrogen-bond donors (Lipinski definition) is 1. The summed E-state index contributed by atoms with van der Waals surface area (Å²) in [5.41, 5.74) is 0.608. The number of amides is 4. The molecule has 4 amide bonds. The summed E-state index contributed by atoms with van der Waals surface area (Å²) in [7, 11) is 0. The molecule has 1 aromatic heterocycles. The molecule has 28 heavy (non-hydrogen) atoms. The monoisotopic (exact) mass is 376 g/mol. The Morgan fingerprint density at radius 2 is 1.71 bits per heavy atom. The molecular weight excluding hydrogens is 363 g/mol. The van der Waals surface area contributed by atoms with Crippen molar-refractivity contribution in [1.82, 2.24) is 5.32 Å². The van der Waals surface area contributed by atoms with Gasteiger partial charge in [-0.2, -0.15) is 0 Å². The number of nitrogens with one attached hydrogen (secondary N) is 1. The van der Waals surface area contributed by atoms with Crippen LogP contribution in [-0.2, 0) is 9.59 Å². The molecule has 1 fully saturated rings. The molecular formula is C21H13FN2O4. The second-order valence-electron chi connectivity index (χ2n) is 6.01. The first kappa shape index (κ1) is 17.4. The Morgan fingerprint density at radius 1 is 0.929 bits per heavy atom. The van der Waals surface area contributed by atoms with Crippen molar-refractivity contribution in [3.05, 3.63) is 83.9 Å². The zero-order valence-electron chi connectivity index (χ0n) is 14.4. The third-order valence-corrected chi connectivity index (χ3v) is 4.14. The van der Waals surface area contributed by atoms with Crippen molar-refractivity contribution in [3.8, 4) is 11.3 Å². The van der Waals surface area contributed by atoms with Crippen molar-refractivity contribution in [2.75, 3.05) is 4.90 Å². The van der Waals surface area contributed by atoms with E-state index in [1.807, 2.05) is 0 Å². The molecule has 1 saturated heterocycles. The van der Waals surface area contributed by atoms with Gasteiger partial charge in [-0.25, -0.2) is 14.1 Å². The maximum Gasteiger partial charge on any atom is 0.335 e. The number of anilines is 1. The van der Waals surface area contributed by atoms with E-state index in [2.05, 4.69) is 5.32 Å². The van der Waals surface area contributed by atoms with E-state index in [1.54, 1.807) is 54.6 Å². The fourth-order valence-corrected chi connectivity index (χ4v) is 2.84. The lowest BCUT2D eigenvalue weighted by Crippen LogP contribution is -2.54. The molecule has 0 atom stereocenters. The van der Waals surface area contributed by atoms with Crippen LogP contribution in [0.4, 0.5) is 14.9 Å². The summed E-state index contributed by atoms with van der Waals surface area (Å²) >= 11 is 0. The second kappa shape index (κ2) is 6.96. The van der Waals surface area contributed by atoms with Gasteiger partial charge in [-0.3, -0.25) is 14.9 Å². The van der Waals surface area contributed by atoms with Crippen LogP contribution in [0.3, 0.4) is 0 Å². The second-order valence-corrected chi connectivity index (χ2v) is 6.01. The summed E-state index contributed by atoms with van der Waals surface area (Å²) in [5, 5.41) is 2.14. The summed E-state index contributed by atoms with van der Waals surface area (Å²) in [6.45, 7) is 0. The van der Waals surface area contributed by atoms with Gasteiger partial charge in [0, 0.05) is 5.56 Å². The number of nitrogens with zero attached hydrogens (tertiary/aromatic N) is 1. The Labute approximate surface area is 158 Å². The number of furan rings is 1. The van der Waals surface area contributed by atoms with Crippen LogP contribution in [0.2, 0.25) is 0 Å². The van der Waals surface area contributed by atoms with Gasteiger partial charge in [0.1, 0.15) is 22.9 Å². The van der Waals surface area contributed by atoms with Gasteiger partial charge in [-0.05, 0) is 42.5 Å². The Kier molecular flexibility index (Phi) is 4.33. The number of carbonyl (C=O) groups is 3. The smallest absolute Gasteiger partial charge is 0.335 e. The molecule has 7 heteroatoms. The van der Waals surface area contributed by atoms with E-state index < -0.39 is 23.7 Å². The Morgan fingerprint density at radius 3 is 2.46 bits per heavy atom. The molecule has 4 rings (SSSR count). The number of urea groups is 1. The van der Waals surface area contributed by atoms with Crippen LogP contribution in [0.1, 0.15) is 5.76 Å². The highest BCUT2D eigenvalue weighted by Gasteiger charge is 2.36. The minimum Gasteiger partial charge on any atom is -0.457 e. The van der Waals surface area contributed by atoms with E-state index in [-0.39, 0.29) is 11.3 Å². The molecule has 0 aliphatic carbocycles. The lowest BCUT2D eigenvalue weighted by Gasteiger charge is -2.26. The van der Waals surface area contributed by atoms with Crippen molar-refractivity contribution < 1.29 is 23.2 Å². The van der Waals surface area contributed by atoms with Gasteiger partial charge in [-0.1, -0.05) is 30.3 Å². The minimum atomic E-state index is -0.821. The molecule has 0 unspecified atom stereocenters. The zero-order chi connectivity index (χ0) is 19.7. The average Bonchev–Trinajstić information content (AvgIpc) is 3.15. The first-order valence-corrected chi connectivity index (χ1v) is 8.35. The third-order valence-electron chi connectivity index (χ3n) is 4.14. The number of carbonyl (C=O) groups excluding carboxylic acids is 3. The summed E-state index contributed by atoms with van der Waals surface area (Å²) in [6.07, 6.45) is 1.25. The largest absolute Gasteiger partial charge is 0.457 e. The molecule has 2 heterocycles. The maximum atomic E-state index is 13.4.